The fourth-order valence-corrected chi connectivity index (χ4v) is 9.16. The number of hydrogen-bond donors (Lipinski definition) is 0. The van der Waals surface area contributed by atoms with Crippen LogP contribution < -0.4 is 0 Å². The van der Waals surface area contributed by atoms with E-state index in [4.69, 9.17) is 14.2 Å². The van der Waals surface area contributed by atoms with Crippen LogP contribution in [0.2, 0.25) is 0 Å². The Balaban J connectivity index is 1.44. The van der Waals surface area contributed by atoms with Gasteiger partial charge < -0.3 is 14.2 Å². The van der Waals surface area contributed by atoms with E-state index >= 15 is 0 Å². The number of rotatable bonds is 6. The Morgan fingerprint density at radius 2 is 1.78 bits per heavy atom. The first-order chi connectivity index (χ1) is 23.1. The van der Waals surface area contributed by atoms with Crippen LogP contribution in [0.5, 0.6) is 0 Å². The van der Waals surface area contributed by atoms with Crippen molar-refractivity contribution < 1.29 is 33.4 Å². The summed E-state index contributed by atoms with van der Waals surface area (Å²) in [6.07, 6.45) is 6.41. The first-order valence-electron chi connectivity index (χ1n) is 17.0. The lowest BCUT2D eigenvalue weighted by atomic mass is 9.64. The van der Waals surface area contributed by atoms with Crippen LogP contribution in [0.1, 0.15) is 72.6 Å². The van der Waals surface area contributed by atoms with Gasteiger partial charge in [-0.2, -0.15) is 0 Å². The van der Waals surface area contributed by atoms with E-state index in [0.717, 1.165) is 9.75 Å². The zero-order chi connectivity index (χ0) is 35.7. The van der Waals surface area contributed by atoms with Crippen molar-refractivity contribution in [1.29, 1.82) is 0 Å². The lowest BCUT2D eigenvalue weighted by Gasteiger charge is -2.41. The van der Waals surface area contributed by atoms with E-state index in [1.54, 1.807) is 45.3 Å². The molecule has 0 saturated carbocycles. The fourth-order valence-electron chi connectivity index (χ4n) is 8.33. The summed E-state index contributed by atoms with van der Waals surface area (Å²) in [5.74, 6) is 2.80. The molecule has 5 rings (SSSR count). The molecule has 3 aliphatic heterocycles. The highest BCUT2D eigenvalue weighted by Crippen LogP contribution is 2.55. The summed E-state index contributed by atoms with van der Waals surface area (Å²) in [6.45, 7) is 16.8. The number of esters is 2. The average molecular weight is 690 g/mol. The van der Waals surface area contributed by atoms with Crippen LogP contribution in [-0.2, 0) is 33.4 Å². The van der Waals surface area contributed by atoms with E-state index in [0.29, 0.717) is 25.2 Å². The van der Waals surface area contributed by atoms with Crippen LogP contribution in [0.25, 0.3) is 10.7 Å². The largest absolute Gasteiger partial charge is 0.461 e. The molecule has 5 heterocycles. The topological polar surface area (TPSA) is 125 Å². The molecule has 2 aromatic rings. The molecule has 0 radical (unpaired) electrons. The molecule has 0 aliphatic carbocycles. The van der Waals surface area contributed by atoms with Gasteiger partial charge in [-0.15, -0.1) is 17.9 Å². The Morgan fingerprint density at radius 3 is 2.47 bits per heavy atom. The van der Waals surface area contributed by atoms with Crippen molar-refractivity contribution in [1.82, 2.24) is 14.9 Å². The molecule has 2 aromatic heterocycles. The summed E-state index contributed by atoms with van der Waals surface area (Å²) in [7, 11) is 0. The molecule has 2 unspecified atom stereocenters. The second-order valence-electron chi connectivity index (χ2n) is 14.7. The number of hydrogen-bond acceptors (Lipinski definition) is 11. The Bertz CT molecular complexity index is 1670. The quantitative estimate of drug-likeness (QED) is 0.171. The Morgan fingerprint density at radius 1 is 1.08 bits per heavy atom. The molecule has 0 bridgehead atoms. The maximum Gasteiger partial charge on any atom is 0.324 e. The number of ketones is 2. The van der Waals surface area contributed by atoms with E-state index in [2.05, 4.69) is 28.4 Å². The van der Waals surface area contributed by atoms with Gasteiger partial charge in [0.1, 0.15) is 42.3 Å². The number of cyclic esters (lactones) is 1. The number of aromatic nitrogens is 2. The molecular weight excluding hydrogens is 642 g/mol. The van der Waals surface area contributed by atoms with Crippen molar-refractivity contribution in [3.8, 4) is 22.5 Å². The van der Waals surface area contributed by atoms with Gasteiger partial charge in [0, 0.05) is 48.1 Å². The van der Waals surface area contributed by atoms with Crippen LogP contribution in [0.15, 0.2) is 43.2 Å². The van der Waals surface area contributed by atoms with Crippen LogP contribution in [-0.4, -0.2) is 81.4 Å². The van der Waals surface area contributed by atoms with Gasteiger partial charge in [-0.1, -0.05) is 38.7 Å². The van der Waals surface area contributed by atoms with Crippen LogP contribution >= 0.6 is 11.3 Å². The van der Waals surface area contributed by atoms with E-state index in [-0.39, 0.29) is 37.2 Å². The van der Waals surface area contributed by atoms with Crippen molar-refractivity contribution in [2.75, 3.05) is 19.8 Å². The van der Waals surface area contributed by atoms with Crippen LogP contribution in [0, 0.1) is 40.9 Å². The SMILES string of the molecule is C=CCC(C)N1C[C@@]2(C)C(=O)[C@H](C)C[C@@](C)(OCC#Cc3ccc(-c4ncccn4)s3)C[C@@H](C)C(=O)[C@@H](C)C(=O)OC[C@@]3(C)OC(=O)[C@H]1C32. The molecule has 9 atom stereocenters. The number of carbonyl (C=O) groups excluding carboxylic acids is 4. The van der Waals surface area contributed by atoms with Crippen molar-refractivity contribution in [2.45, 2.75) is 91.0 Å². The maximum absolute atomic E-state index is 14.7. The smallest absolute Gasteiger partial charge is 0.324 e. The second kappa shape index (κ2) is 14.3. The molecule has 3 saturated heterocycles. The van der Waals surface area contributed by atoms with Gasteiger partial charge in [0.2, 0.25) is 0 Å². The third kappa shape index (κ3) is 7.28. The van der Waals surface area contributed by atoms with Crippen molar-refractivity contribution in [2.24, 2.45) is 29.1 Å². The van der Waals surface area contributed by atoms with Gasteiger partial charge in [-0.25, -0.2) is 9.97 Å². The fraction of sp³-hybridized carbons (Fsp3) is 0.579. The molecule has 0 amide bonds. The molecule has 10 nitrogen and oxygen atoms in total. The van der Waals surface area contributed by atoms with Crippen LogP contribution in [0.4, 0.5) is 0 Å². The zero-order valence-corrected chi connectivity index (χ0v) is 30.3. The summed E-state index contributed by atoms with van der Waals surface area (Å²) in [6, 6.07) is 4.85. The lowest BCUT2D eigenvalue weighted by molar-refractivity contribution is -0.172. The number of carbonyl (C=O) groups is 4. The lowest BCUT2D eigenvalue weighted by Crippen LogP contribution is -2.52. The number of likely N-dealkylation sites (tertiary alicyclic amines) is 1. The van der Waals surface area contributed by atoms with Gasteiger partial charge in [0.15, 0.2) is 5.82 Å². The minimum absolute atomic E-state index is 0.0220. The minimum Gasteiger partial charge on any atom is -0.461 e. The molecule has 0 aromatic carbocycles. The summed E-state index contributed by atoms with van der Waals surface area (Å²) in [5, 5.41) is 0. The summed E-state index contributed by atoms with van der Waals surface area (Å²) < 4.78 is 18.2. The van der Waals surface area contributed by atoms with E-state index in [1.165, 1.54) is 11.3 Å². The standard InChI is InChI=1S/C38H47N3O7S/c1-9-12-25(4)41-21-37(7)31-29(41)35(45)48-38(31,8)22-46-34(44)26(5)30(42)23(2)19-36(6,20-24(3)32(37)43)47-18-10-13-27-14-15-28(49-27)33-39-16-11-17-40-33/h9,11,14-17,23-26,29,31H,1,12,18-22H2,2-8H3/t23-,24-,25?,26-,29-,31?,36+,37-,38-/m1/s1. The first kappa shape index (κ1) is 36.6. The molecule has 0 spiro atoms. The monoisotopic (exact) mass is 689 g/mol. The number of thiophene rings is 1. The van der Waals surface area contributed by atoms with Gasteiger partial charge in [0.25, 0.3) is 0 Å². The van der Waals surface area contributed by atoms with Gasteiger partial charge >= 0.3 is 11.9 Å². The molecule has 11 heteroatoms. The van der Waals surface area contributed by atoms with Crippen molar-refractivity contribution in [3.63, 3.8) is 0 Å². The molecule has 3 fully saturated rings. The predicted molar refractivity (Wildman–Crippen MR) is 185 cm³/mol. The number of nitrogens with zero attached hydrogens (tertiary/aromatic N) is 3. The molecule has 3 aliphatic rings. The highest BCUT2D eigenvalue weighted by molar-refractivity contribution is 7.15. The Hall–Kier alpha value is -3.72. The van der Waals surface area contributed by atoms with E-state index in [1.807, 2.05) is 44.7 Å². The highest BCUT2D eigenvalue weighted by atomic mass is 32.1. The predicted octanol–water partition coefficient (Wildman–Crippen LogP) is 5.30. The summed E-state index contributed by atoms with van der Waals surface area (Å²) in [5.41, 5.74) is -3.18. The van der Waals surface area contributed by atoms with Gasteiger partial charge in [0.05, 0.1) is 15.4 Å². The van der Waals surface area contributed by atoms with Crippen molar-refractivity contribution >= 4 is 34.8 Å². The first-order valence-corrected chi connectivity index (χ1v) is 17.8. The van der Waals surface area contributed by atoms with Gasteiger partial charge in [-0.3, -0.25) is 24.1 Å². The minimum atomic E-state index is -1.26. The van der Waals surface area contributed by atoms with Gasteiger partial charge in [-0.05, 0) is 65.2 Å². The normalized spacial score (nSPS) is 34.6. The zero-order valence-electron chi connectivity index (χ0n) is 29.5. The third-order valence-electron chi connectivity index (χ3n) is 10.5. The summed E-state index contributed by atoms with van der Waals surface area (Å²) >= 11 is 1.48. The average Bonchev–Trinajstić information content (AvgIpc) is 3.75. The highest BCUT2D eigenvalue weighted by Gasteiger charge is 2.69. The number of Topliss-reactive ketones (excluding diaryl/α,β-unsaturated/α-hetero) is 2. The Kier molecular flexibility index (Phi) is 10.6. The molecule has 49 heavy (non-hydrogen) atoms. The third-order valence-corrected chi connectivity index (χ3v) is 11.5. The van der Waals surface area contributed by atoms with Crippen molar-refractivity contribution in [3.05, 3.63) is 48.1 Å². The van der Waals surface area contributed by atoms with E-state index in [9.17, 15) is 19.2 Å². The second-order valence-corrected chi connectivity index (χ2v) is 15.8. The maximum atomic E-state index is 14.7. The molecule has 262 valence electrons. The van der Waals surface area contributed by atoms with Crippen LogP contribution in [0.3, 0.4) is 0 Å². The van der Waals surface area contributed by atoms with E-state index < -0.39 is 58.3 Å². The molecular formula is C38H47N3O7S. The number of ether oxygens (including phenoxy) is 3. The Labute approximate surface area is 293 Å². The molecule has 0 N–H and O–H groups in total. The summed E-state index contributed by atoms with van der Waals surface area (Å²) in [4.78, 5) is 67.4.